The number of anilines is 1. The number of nitrogens with zero attached hydrogens (tertiary/aromatic N) is 1. The second-order valence-electron chi connectivity index (χ2n) is 7.03. The van der Waals surface area contributed by atoms with E-state index in [2.05, 4.69) is 39.8 Å². The van der Waals surface area contributed by atoms with Crippen LogP contribution >= 0.6 is 34.2 Å². The maximum absolute atomic E-state index is 12.8. The van der Waals surface area contributed by atoms with Gasteiger partial charge in [0, 0.05) is 14.8 Å². The molecule has 0 atom stereocenters. The zero-order valence-electron chi connectivity index (χ0n) is 16.1. The molecule has 0 spiro atoms. The summed E-state index contributed by atoms with van der Waals surface area (Å²) in [5.74, 6) is 0.269. The van der Waals surface area contributed by atoms with E-state index in [1.54, 1.807) is 12.1 Å². The third kappa shape index (κ3) is 4.02. The van der Waals surface area contributed by atoms with Crippen LogP contribution in [0, 0.1) is 24.3 Å². The van der Waals surface area contributed by atoms with Crippen LogP contribution in [0.1, 0.15) is 27.0 Å². The summed E-state index contributed by atoms with van der Waals surface area (Å²) in [5, 5.41) is 3.38. The highest BCUT2D eigenvalue weighted by molar-refractivity contribution is 14.1. The van der Waals surface area contributed by atoms with E-state index >= 15 is 0 Å². The van der Waals surface area contributed by atoms with Gasteiger partial charge in [0.2, 0.25) is 5.89 Å². The molecule has 29 heavy (non-hydrogen) atoms. The number of hydrogen-bond acceptors (Lipinski definition) is 3. The number of aromatic nitrogens is 1. The van der Waals surface area contributed by atoms with Gasteiger partial charge in [-0.1, -0.05) is 17.7 Å². The van der Waals surface area contributed by atoms with Gasteiger partial charge in [-0.25, -0.2) is 4.98 Å². The third-order valence-electron chi connectivity index (χ3n) is 4.91. The summed E-state index contributed by atoms with van der Waals surface area (Å²) in [4.78, 5) is 17.4. The first-order chi connectivity index (χ1) is 13.8. The number of oxazole rings is 1. The van der Waals surface area contributed by atoms with Crippen molar-refractivity contribution in [1.29, 1.82) is 0 Å². The lowest BCUT2D eigenvalue weighted by Crippen LogP contribution is -2.13. The molecular formula is C23H18ClIN2O2. The number of benzene rings is 3. The Morgan fingerprint density at radius 3 is 2.55 bits per heavy atom. The first kappa shape index (κ1) is 19.9. The summed E-state index contributed by atoms with van der Waals surface area (Å²) in [5.41, 5.74) is 6.76. The minimum absolute atomic E-state index is 0.252. The van der Waals surface area contributed by atoms with Gasteiger partial charge in [-0.15, -0.1) is 0 Å². The number of carbonyl (C=O) groups is 1. The average molecular weight is 517 g/mol. The number of aryl methyl sites for hydroxylation is 3. The molecule has 0 aliphatic heterocycles. The number of rotatable bonds is 3. The lowest BCUT2D eigenvalue weighted by atomic mass is 10.1. The van der Waals surface area contributed by atoms with Gasteiger partial charge in [0.05, 0.1) is 10.6 Å². The number of carbonyl (C=O) groups excluding carboxylic acids is 1. The Labute approximate surface area is 187 Å². The highest BCUT2D eigenvalue weighted by Crippen LogP contribution is 2.30. The van der Waals surface area contributed by atoms with E-state index in [0.717, 1.165) is 31.4 Å². The minimum Gasteiger partial charge on any atom is -0.436 e. The molecule has 0 radical (unpaired) electrons. The molecule has 4 aromatic rings. The van der Waals surface area contributed by atoms with Crippen LogP contribution in [0.3, 0.4) is 0 Å². The fourth-order valence-corrected chi connectivity index (χ4v) is 3.75. The standard InChI is InChI=1S/C23H18ClIN2O2/c1-12-4-5-15(23-27-20-8-13(2)14(3)9-21(20)29-23)10-19(12)26-22(28)17-11-16(25)6-7-18(17)24/h4-11H,1-3H3,(H,26,28). The summed E-state index contributed by atoms with van der Waals surface area (Å²) in [6.07, 6.45) is 0. The summed E-state index contributed by atoms with van der Waals surface area (Å²) in [7, 11) is 0. The van der Waals surface area contributed by atoms with Crippen LogP contribution in [0.2, 0.25) is 5.02 Å². The number of fused-ring (bicyclic) bond motifs is 1. The Hall–Kier alpha value is -2.38. The largest absolute Gasteiger partial charge is 0.436 e. The average Bonchev–Trinajstić information content (AvgIpc) is 3.08. The van der Waals surface area contributed by atoms with E-state index in [-0.39, 0.29) is 5.91 Å². The summed E-state index contributed by atoms with van der Waals surface area (Å²) in [6.45, 7) is 6.04. The lowest BCUT2D eigenvalue weighted by Gasteiger charge is -2.11. The molecule has 6 heteroatoms. The fraction of sp³-hybridized carbons (Fsp3) is 0.130. The van der Waals surface area contributed by atoms with Gasteiger partial charge in [-0.2, -0.15) is 0 Å². The van der Waals surface area contributed by atoms with E-state index in [1.165, 1.54) is 5.56 Å². The fourth-order valence-electron chi connectivity index (χ4n) is 3.05. The van der Waals surface area contributed by atoms with Crippen molar-refractivity contribution in [2.75, 3.05) is 5.32 Å². The highest BCUT2D eigenvalue weighted by Gasteiger charge is 2.15. The molecule has 1 aromatic heterocycles. The minimum atomic E-state index is -0.252. The van der Waals surface area contributed by atoms with Crippen LogP contribution in [-0.4, -0.2) is 10.9 Å². The van der Waals surface area contributed by atoms with Crippen LogP contribution < -0.4 is 5.32 Å². The molecule has 0 unspecified atom stereocenters. The van der Waals surface area contributed by atoms with Crippen LogP contribution in [0.15, 0.2) is 52.9 Å². The van der Waals surface area contributed by atoms with Crippen molar-refractivity contribution in [2.24, 2.45) is 0 Å². The van der Waals surface area contributed by atoms with Crippen molar-refractivity contribution in [3.63, 3.8) is 0 Å². The molecule has 4 nitrogen and oxygen atoms in total. The SMILES string of the molecule is Cc1cc2nc(-c3ccc(C)c(NC(=O)c4cc(I)ccc4Cl)c3)oc2cc1C. The summed E-state index contributed by atoms with van der Waals surface area (Å²) >= 11 is 8.36. The quantitative estimate of drug-likeness (QED) is 0.300. The molecule has 0 saturated heterocycles. The Morgan fingerprint density at radius 1 is 1.00 bits per heavy atom. The number of hydrogen-bond donors (Lipinski definition) is 1. The second kappa shape index (κ2) is 7.80. The van der Waals surface area contributed by atoms with E-state index in [1.807, 2.05) is 50.2 Å². The Bertz CT molecular complexity index is 1220. The van der Waals surface area contributed by atoms with Crippen LogP contribution in [0.5, 0.6) is 0 Å². The van der Waals surface area contributed by atoms with Gasteiger partial charge in [0.25, 0.3) is 5.91 Å². The van der Waals surface area contributed by atoms with E-state index in [4.69, 9.17) is 16.0 Å². The van der Waals surface area contributed by atoms with Crippen LogP contribution in [-0.2, 0) is 0 Å². The van der Waals surface area contributed by atoms with Crippen molar-refractivity contribution >= 4 is 56.9 Å². The van der Waals surface area contributed by atoms with E-state index in [9.17, 15) is 4.79 Å². The van der Waals surface area contributed by atoms with Crippen LogP contribution in [0.25, 0.3) is 22.6 Å². The van der Waals surface area contributed by atoms with Gasteiger partial charge in [0.15, 0.2) is 5.58 Å². The first-order valence-corrected chi connectivity index (χ1v) is 10.5. The number of amides is 1. The number of nitrogens with one attached hydrogen (secondary N) is 1. The maximum atomic E-state index is 12.8. The third-order valence-corrected chi connectivity index (χ3v) is 5.91. The maximum Gasteiger partial charge on any atom is 0.257 e. The second-order valence-corrected chi connectivity index (χ2v) is 8.68. The zero-order valence-corrected chi connectivity index (χ0v) is 19.1. The molecule has 0 fully saturated rings. The normalized spacial score (nSPS) is 11.1. The van der Waals surface area contributed by atoms with Gasteiger partial charge in [-0.3, -0.25) is 4.79 Å². The van der Waals surface area contributed by atoms with Crippen molar-refractivity contribution < 1.29 is 9.21 Å². The monoisotopic (exact) mass is 516 g/mol. The zero-order chi connectivity index (χ0) is 20.7. The molecule has 1 heterocycles. The van der Waals surface area contributed by atoms with Crippen molar-refractivity contribution in [3.05, 3.63) is 79.4 Å². The Balaban J connectivity index is 1.69. The Morgan fingerprint density at radius 2 is 1.76 bits per heavy atom. The van der Waals surface area contributed by atoms with Gasteiger partial charge < -0.3 is 9.73 Å². The molecule has 3 aromatic carbocycles. The predicted molar refractivity (Wildman–Crippen MR) is 126 cm³/mol. The van der Waals surface area contributed by atoms with Crippen molar-refractivity contribution in [1.82, 2.24) is 4.98 Å². The summed E-state index contributed by atoms with van der Waals surface area (Å²) in [6, 6.07) is 15.1. The molecule has 146 valence electrons. The molecule has 4 rings (SSSR count). The van der Waals surface area contributed by atoms with Crippen LogP contribution in [0.4, 0.5) is 5.69 Å². The molecule has 1 amide bonds. The smallest absolute Gasteiger partial charge is 0.257 e. The molecule has 0 bridgehead atoms. The van der Waals surface area contributed by atoms with E-state index < -0.39 is 0 Å². The van der Waals surface area contributed by atoms with E-state index in [0.29, 0.717) is 22.2 Å². The lowest BCUT2D eigenvalue weighted by molar-refractivity contribution is 0.102. The van der Waals surface area contributed by atoms with Gasteiger partial charge in [0.1, 0.15) is 5.52 Å². The summed E-state index contributed by atoms with van der Waals surface area (Å²) < 4.78 is 6.91. The van der Waals surface area contributed by atoms with Gasteiger partial charge >= 0.3 is 0 Å². The highest BCUT2D eigenvalue weighted by atomic mass is 127. The first-order valence-electron chi connectivity index (χ1n) is 9.07. The number of halogens is 2. The van der Waals surface area contributed by atoms with Crippen molar-refractivity contribution in [2.45, 2.75) is 20.8 Å². The van der Waals surface area contributed by atoms with Gasteiger partial charge in [-0.05, 0) is 103 Å². The molecule has 0 aliphatic rings. The molecule has 0 saturated carbocycles. The Kier molecular flexibility index (Phi) is 5.36. The van der Waals surface area contributed by atoms with Crippen molar-refractivity contribution in [3.8, 4) is 11.5 Å². The molecule has 1 N–H and O–H groups in total. The molecular weight excluding hydrogens is 499 g/mol. The topological polar surface area (TPSA) is 55.1 Å². The molecule has 0 aliphatic carbocycles. The predicted octanol–water partition coefficient (Wildman–Crippen LogP) is 6.93.